The van der Waals surface area contributed by atoms with Crippen LogP contribution < -0.4 is 4.90 Å². The van der Waals surface area contributed by atoms with Gasteiger partial charge in [-0.15, -0.1) is 0 Å². The van der Waals surface area contributed by atoms with Crippen LogP contribution in [0.2, 0.25) is 0 Å². The molecule has 0 atom stereocenters. The Morgan fingerprint density at radius 2 is 0.784 bits per heavy atom. The molecule has 11 rings (SSSR count). The summed E-state index contributed by atoms with van der Waals surface area (Å²) in [7, 11) is 0. The standard InChI is InChI=1S/C48H31N3/c1-2-11-32(12-3-1)33-21-23-34(24-22-33)49(35-25-27-36(28-26-35)50-44-18-7-4-13-38(44)39-14-5-8-19-45(39)50)37-29-30-41-43-17-10-16-42-40-15-6-9-20-46(40)51(48(42)43)47(41)31-37/h1-31H. The van der Waals surface area contributed by atoms with E-state index in [9.17, 15) is 0 Å². The molecule has 3 heteroatoms. The molecule has 0 saturated carbocycles. The molecule has 0 bridgehead atoms. The minimum Gasteiger partial charge on any atom is -0.310 e. The van der Waals surface area contributed by atoms with Crippen molar-refractivity contribution in [2.75, 3.05) is 4.90 Å². The Bertz CT molecular complexity index is 3000. The van der Waals surface area contributed by atoms with Crippen LogP contribution in [0.25, 0.3) is 76.7 Å². The molecule has 0 radical (unpaired) electrons. The zero-order chi connectivity index (χ0) is 33.5. The fraction of sp³-hybridized carbons (Fsp3) is 0. The van der Waals surface area contributed by atoms with Crippen molar-refractivity contribution in [2.24, 2.45) is 0 Å². The topological polar surface area (TPSA) is 12.6 Å². The van der Waals surface area contributed by atoms with Crippen molar-refractivity contribution in [3.05, 3.63) is 188 Å². The van der Waals surface area contributed by atoms with Crippen molar-refractivity contribution in [1.29, 1.82) is 0 Å². The highest BCUT2D eigenvalue weighted by atomic mass is 15.1. The first-order valence-corrected chi connectivity index (χ1v) is 17.5. The molecule has 0 unspecified atom stereocenters. The van der Waals surface area contributed by atoms with Crippen molar-refractivity contribution in [2.45, 2.75) is 0 Å². The molecule has 0 aliphatic heterocycles. The van der Waals surface area contributed by atoms with Gasteiger partial charge in [0, 0.05) is 55.1 Å². The third kappa shape index (κ3) is 4.12. The lowest BCUT2D eigenvalue weighted by molar-refractivity contribution is 1.17. The van der Waals surface area contributed by atoms with Crippen LogP contribution in [-0.2, 0) is 0 Å². The number of rotatable bonds is 5. The average Bonchev–Trinajstić information content (AvgIpc) is 3.84. The SMILES string of the molecule is c1ccc(-c2ccc(N(c3ccc(-n4c5ccccc5c5ccccc54)cc3)c3ccc4c5cccc6c7ccccc7n(c4c3)c65)cc2)cc1. The summed E-state index contributed by atoms with van der Waals surface area (Å²) in [6.07, 6.45) is 0. The van der Waals surface area contributed by atoms with E-state index in [2.05, 4.69) is 202 Å². The number of nitrogens with zero attached hydrogens (tertiary/aromatic N) is 3. The third-order valence-corrected chi connectivity index (χ3v) is 10.6. The van der Waals surface area contributed by atoms with Crippen LogP contribution in [0, 0.1) is 0 Å². The number of fused-ring (bicyclic) bond motifs is 9. The molecule has 0 amide bonds. The molecule has 11 aromatic rings. The molecule has 238 valence electrons. The number of aromatic nitrogens is 2. The molecule has 0 saturated heterocycles. The van der Waals surface area contributed by atoms with Crippen molar-refractivity contribution < 1.29 is 0 Å². The van der Waals surface area contributed by atoms with Crippen LogP contribution in [0.3, 0.4) is 0 Å². The van der Waals surface area contributed by atoms with Crippen LogP contribution >= 0.6 is 0 Å². The monoisotopic (exact) mass is 649 g/mol. The van der Waals surface area contributed by atoms with E-state index >= 15 is 0 Å². The fourth-order valence-electron chi connectivity index (χ4n) is 8.39. The summed E-state index contributed by atoms with van der Waals surface area (Å²) < 4.78 is 4.84. The van der Waals surface area contributed by atoms with E-state index in [0.717, 1.165) is 22.7 Å². The number of hydrogen-bond donors (Lipinski definition) is 0. The molecule has 0 aliphatic carbocycles. The van der Waals surface area contributed by atoms with E-state index in [1.165, 1.54) is 71.0 Å². The zero-order valence-electron chi connectivity index (χ0n) is 27.7. The second-order valence-corrected chi connectivity index (χ2v) is 13.4. The highest BCUT2D eigenvalue weighted by molar-refractivity contribution is 6.23. The lowest BCUT2D eigenvalue weighted by atomic mass is 10.0. The molecule has 0 N–H and O–H groups in total. The highest BCUT2D eigenvalue weighted by Gasteiger charge is 2.20. The van der Waals surface area contributed by atoms with Gasteiger partial charge < -0.3 is 13.9 Å². The largest absolute Gasteiger partial charge is 0.310 e. The molecule has 0 spiro atoms. The van der Waals surface area contributed by atoms with Gasteiger partial charge in [0.1, 0.15) is 0 Å². The van der Waals surface area contributed by atoms with Gasteiger partial charge in [0.15, 0.2) is 0 Å². The summed E-state index contributed by atoms with van der Waals surface area (Å²) >= 11 is 0. The van der Waals surface area contributed by atoms with Gasteiger partial charge in [-0.3, -0.25) is 0 Å². The Morgan fingerprint density at radius 3 is 1.43 bits per heavy atom. The van der Waals surface area contributed by atoms with Gasteiger partial charge in [-0.25, -0.2) is 0 Å². The maximum absolute atomic E-state index is 2.46. The van der Waals surface area contributed by atoms with Gasteiger partial charge in [0.05, 0.1) is 27.6 Å². The van der Waals surface area contributed by atoms with Crippen LogP contribution in [-0.4, -0.2) is 8.97 Å². The van der Waals surface area contributed by atoms with Crippen LogP contribution in [0.15, 0.2) is 188 Å². The van der Waals surface area contributed by atoms with Crippen molar-refractivity contribution >= 4 is 77.0 Å². The maximum Gasteiger partial charge on any atom is 0.0620 e. The second kappa shape index (κ2) is 10.8. The predicted octanol–water partition coefficient (Wildman–Crippen LogP) is 13.1. The van der Waals surface area contributed by atoms with E-state index < -0.39 is 0 Å². The van der Waals surface area contributed by atoms with Crippen molar-refractivity contribution in [1.82, 2.24) is 8.97 Å². The molecule has 3 heterocycles. The summed E-state index contributed by atoms with van der Waals surface area (Å²) in [4.78, 5) is 2.39. The quantitative estimate of drug-likeness (QED) is 0.181. The molecule has 3 aromatic heterocycles. The first-order valence-electron chi connectivity index (χ1n) is 17.5. The van der Waals surface area contributed by atoms with Gasteiger partial charge in [-0.2, -0.15) is 0 Å². The number of benzene rings is 8. The van der Waals surface area contributed by atoms with Crippen LogP contribution in [0.1, 0.15) is 0 Å². The van der Waals surface area contributed by atoms with E-state index in [1.807, 2.05) is 0 Å². The molecule has 51 heavy (non-hydrogen) atoms. The lowest BCUT2D eigenvalue weighted by Crippen LogP contribution is -2.10. The first kappa shape index (κ1) is 28.0. The number of hydrogen-bond acceptors (Lipinski definition) is 1. The van der Waals surface area contributed by atoms with E-state index in [-0.39, 0.29) is 0 Å². The Kier molecular flexibility index (Phi) is 5.96. The highest BCUT2D eigenvalue weighted by Crippen LogP contribution is 2.43. The van der Waals surface area contributed by atoms with E-state index in [4.69, 9.17) is 0 Å². The molecular weight excluding hydrogens is 619 g/mol. The molecule has 0 fully saturated rings. The van der Waals surface area contributed by atoms with Gasteiger partial charge in [-0.05, 0) is 77.9 Å². The molecule has 0 aliphatic rings. The Hall–Kier alpha value is -6.84. The van der Waals surface area contributed by atoms with Crippen molar-refractivity contribution in [3.8, 4) is 16.8 Å². The van der Waals surface area contributed by atoms with Gasteiger partial charge in [-0.1, -0.05) is 121 Å². The second-order valence-electron chi connectivity index (χ2n) is 13.4. The molecular formula is C48H31N3. The summed E-state index contributed by atoms with van der Waals surface area (Å²) in [5, 5.41) is 7.69. The van der Waals surface area contributed by atoms with Gasteiger partial charge in [0.25, 0.3) is 0 Å². The Labute approximate surface area is 294 Å². The summed E-state index contributed by atoms with van der Waals surface area (Å²) in [5.74, 6) is 0. The van der Waals surface area contributed by atoms with E-state index in [1.54, 1.807) is 0 Å². The van der Waals surface area contributed by atoms with Gasteiger partial charge in [0.2, 0.25) is 0 Å². The number of para-hydroxylation sites is 4. The molecule has 3 nitrogen and oxygen atoms in total. The number of anilines is 3. The minimum atomic E-state index is 1.10. The summed E-state index contributed by atoms with van der Waals surface area (Å²) in [6, 6.07) is 68.4. The Balaban J connectivity index is 1.11. The van der Waals surface area contributed by atoms with Crippen LogP contribution in [0.5, 0.6) is 0 Å². The van der Waals surface area contributed by atoms with E-state index in [0.29, 0.717) is 0 Å². The van der Waals surface area contributed by atoms with Crippen LogP contribution in [0.4, 0.5) is 17.1 Å². The van der Waals surface area contributed by atoms with Gasteiger partial charge >= 0.3 is 0 Å². The average molecular weight is 650 g/mol. The summed E-state index contributed by atoms with van der Waals surface area (Å²) in [5.41, 5.74) is 13.0. The fourth-order valence-corrected chi connectivity index (χ4v) is 8.39. The lowest BCUT2D eigenvalue weighted by Gasteiger charge is -2.26. The zero-order valence-corrected chi connectivity index (χ0v) is 27.7. The maximum atomic E-state index is 2.46. The minimum absolute atomic E-state index is 1.10. The third-order valence-electron chi connectivity index (χ3n) is 10.6. The normalized spacial score (nSPS) is 11.9. The van der Waals surface area contributed by atoms with Crippen molar-refractivity contribution in [3.63, 3.8) is 0 Å². The summed E-state index contributed by atoms with van der Waals surface area (Å²) in [6.45, 7) is 0. The first-order chi connectivity index (χ1) is 25.3. The molecule has 8 aromatic carbocycles. The Morgan fingerprint density at radius 1 is 0.314 bits per heavy atom. The smallest absolute Gasteiger partial charge is 0.0620 e. The predicted molar refractivity (Wildman–Crippen MR) is 216 cm³/mol.